The second-order valence-electron chi connectivity index (χ2n) is 5.24. The van der Waals surface area contributed by atoms with Crippen molar-refractivity contribution in [3.05, 3.63) is 65.2 Å². The van der Waals surface area contributed by atoms with Gasteiger partial charge in [0.05, 0.1) is 0 Å². The zero-order valence-electron chi connectivity index (χ0n) is 11.6. The third-order valence-corrected chi connectivity index (χ3v) is 4.05. The molecule has 2 aromatic carbocycles. The number of nitrogens with zero attached hydrogens (tertiary/aromatic N) is 1. The fraction of sp³-hybridized carbons (Fsp3) is 0.235. The van der Waals surface area contributed by atoms with Crippen molar-refractivity contribution < 1.29 is 0 Å². The van der Waals surface area contributed by atoms with E-state index in [1.807, 2.05) is 6.07 Å². The van der Waals surface area contributed by atoms with Gasteiger partial charge in [0.15, 0.2) is 5.11 Å². The fourth-order valence-electron chi connectivity index (χ4n) is 2.59. The molecule has 0 aliphatic carbocycles. The van der Waals surface area contributed by atoms with Crippen LogP contribution in [-0.2, 0) is 13.0 Å². The molecule has 1 N–H and O–H groups in total. The maximum absolute atomic E-state index is 5.54. The highest BCUT2D eigenvalue weighted by atomic mass is 32.1. The Hall–Kier alpha value is -1.87. The molecule has 0 amide bonds. The van der Waals surface area contributed by atoms with E-state index in [2.05, 4.69) is 59.6 Å². The molecular formula is C17H18N2S. The molecule has 2 nitrogen and oxygen atoms in total. The summed E-state index contributed by atoms with van der Waals surface area (Å²) >= 11 is 5.54. The first-order chi connectivity index (χ1) is 9.72. The van der Waals surface area contributed by atoms with Crippen LogP contribution in [0.5, 0.6) is 0 Å². The van der Waals surface area contributed by atoms with Gasteiger partial charge in [0, 0.05) is 18.8 Å². The lowest BCUT2D eigenvalue weighted by atomic mass is 10.0. The zero-order valence-corrected chi connectivity index (χ0v) is 12.4. The molecule has 0 radical (unpaired) electrons. The summed E-state index contributed by atoms with van der Waals surface area (Å²) in [6.07, 6.45) is 1.06. The Bertz CT molecular complexity index is 636. The van der Waals surface area contributed by atoms with E-state index >= 15 is 0 Å². The van der Waals surface area contributed by atoms with Gasteiger partial charge in [-0.3, -0.25) is 0 Å². The Labute approximate surface area is 125 Å². The van der Waals surface area contributed by atoms with E-state index in [9.17, 15) is 0 Å². The third kappa shape index (κ3) is 2.83. The Morgan fingerprint density at radius 2 is 1.90 bits per heavy atom. The molecule has 0 spiro atoms. The van der Waals surface area contributed by atoms with Crippen molar-refractivity contribution in [2.75, 3.05) is 11.9 Å². The highest BCUT2D eigenvalue weighted by Gasteiger charge is 2.17. The summed E-state index contributed by atoms with van der Waals surface area (Å²) in [6, 6.07) is 16.9. The van der Waals surface area contributed by atoms with Crippen molar-refractivity contribution in [2.45, 2.75) is 19.9 Å². The second-order valence-corrected chi connectivity index (χ2v) is 5.63. The van der Waals surface area contributed by atoms with Crippen LogP contribution in [-0.4, -0.2) is 16.6 Å². The van der Waals surface area contributed by atoms with Gasteiger partial charge in [0.1, 0.15) is 0 Å². The normalized spacial score (nSPS) is 13.8. The molecule has 102 valence electrons. The summed E-state index contributed by atoms with van der Waals surface area (Å²) in [7, 11) is 0. The Morgan fingerprint density at radius 3 is 2.70 bits per heavy atom. The van der Waals surface area contributed by atoms with Crippen LogP contribution in [0, 0.1) is 6.92 Å². The summed E-state index contributed by atoms with van der Waals surface area (Å²) < 4.78 is 0. The molecular weight excluding hydrogens is 264 g/mol. The predicted octanol–water partition coefficient (Wildman–Crippen LogP) is 3.75. The number of hydrogen-bond donors (Lipinski definition) is 1. The number of fused-ring (bicyclic) bond motifs is 1. The highest BCUT2D eigenvalue weighted by molar-refractivity contribution is 7.80. The minimum atomic E-state index is 0.810. The predicted molar refractivity (Wildman–Crippen MR) is 88.0 cm³/mol. The molecule has 0 fully saturated rings. The van der Waals surface area contributed by atoms with Gasteiger partial charge in [0.25, 0.3) is 0 Å². The van der Waals surface area contributed by atoms with Gasteiger partial charge in [-0.25, -0.2) is 0 Å². The standard InChI is InChI=1S/C17H18N2S/c1-13-5-4-8-16(11-13)18-17(20)19-10-9-14-6-2-3-7-15(14)12-19/h2-8,11H,9-10,12H2,1H3,(H,18,20). The molecule has 0 atom stereocenters. The van der Waals surface area contributed by atoms with Gasteiger partial charge < -0.3 is 10.2 Å². The van der Waals surface area contributed by atoms with Crippen LogP contribution in [0.4, 0.5) is 5.69 Å². The minimum Gasteiger partial charge on any atom is -0.344 e. The fourth-order valence-corrected chi connectivity index (χ4v) is 2.87. The SMILES string of the molecule is Cc1cccc(NC(=S)N2CCc3ccccc3C2)c1. The van der Waals surface area contributed by atoms with E-state index in [0.29, 0.717) is 0 Å². The highest BCUT2D eigenvalue weighted by Crippen LogP contribution is 2.19. The number of thiocarbonyl (C=S) groups is 1. The zero-order chi connectivity index (χ0) is 13.9. The number of benzene rings is 2. The monoisotopic (exact) mass is 282 g/mol. The quantitative estimate of drug-likeness (QED) is 0.802. The van der Waals surface area contributed by atoms with Crippen LogP contribution in [0.2, 0.25) is 0 Å². The van der Waals surface area contributed by atoms with Crippen LogP contribution in [0.15, 0.2) is 48.5 Å². The van der Waals surface area contributed by atoms with Gasteiger partial charge in [-0.15, -0.1) is 0 Å². The summed E-state index contributed by atoms with van der Waals surface area (Å²) in [5, 5.41) is 4.15. The average Bonchev–Trinajstić information content (AvgIpc) is 2.47. The van der Waals surface area contributed by atoms with E-state index in [4.69, 9.17) is 12.2 Å². The number of rotatable bonds is 1. The topological polar surface area (TPSA) is 15.3 Å². The van der Waals surface area contributed by atoms with Gasteiger partial charge in [0.2, 0.25) is 0 Å². The van der Waals surface area contributed by atoms with E-state index in [1.54, 1.807) is 0 Å². The summed E-state index contributed by atoms with van der Waals surface area (Å²) in [4.78, 5) is 2.24. The van der Waals surface area contributed by atoms with E-state index in [1.165, 1.54) is 16.7 Å². The van der Waals surface area contributed by atoms with E-state index in [0.717, 1.165) is 30.3 Å². The maximum atomic E-state index is 5.54. The van der Waals surface area contributed by atoms with Crippen molar-refractivity contribution in [3.8, 4) is 0 Å². The largest absolute Gasteiger partial charge is 0.344 e. The first kappa shape index (κ1) is 13.1. The number of nitrogens with one attached hydrogen (secondary N) is 1. The summed E-state index contributed by atoms with van der Waals surface area (Å²) in [5.74, 6) is 0. The van der Waals surface area contributed by atoms with Crippen molar-refractivity contribution in [3.63, 3.8) is 0 Å². The number of anilines is 1. The molecule has 0 bridgehead atoms. The molecule has 1 aliphatic heterocycles. The lowest BCUT2D eigenvalue weighted by Crippen LogP contribution is -2.38. The Balaban J connectivity index is 1.70. The molecule has 0 aromatic heterocycles. The van der Waals surface area contributed by atoms with Crippen molar-refractivity contribution in [1.29, 1.82) is 0 Å². The molecule has 3 heteroatoms. The van der Waals surface area contributed by atoms with Crippen molar-refractivity contribution in [2.24, 2.45) is 0 Å². The van der Waals surface area contributed by atoms with Gasteiger partial charge >= 0.3 is 0 Å². The molecule has 3 rings (SSSR count). The second kappa shape index (κ2) is 5.63. The smallest absolute Gasteiger partial charge is 0.173 e. The maximum Gasteiger partial charge on any atom is 0.173 e. The first-order valence-corrected chi connectivity index (χ1v) is 7.32. The van der Waals surface area contributed by atoms with Crippen molar-refractivity contribution >= 4 is 23.0 Å². The van der Waals surface area contributed by atoms with Crippen LogP contribution in [0.3, 0.4) is 0 Å². The van der Waals surface area contributed by atoms with Crippen LogP contribution >= 0.6 is 12.2 Å². The summed E-state index contributed by atoms with van der Waals surface area (Å²) in [5.41, 5.74) is 5.13. The Kier molecular flexibility index (Phi) is 3.70. The van der Waals surface area contributed by atoms with Crippen LogP contribution in [0.1, 0.15) is 16.7 Å². The average molecular weight is 282 g/mol. The molecule has 1 heterocycles. The van der Waals surface area contributed by atoms with Crippen molar-refractivity contribution in [1.82, 2.24) is 4.90 Å². The van der Waals surface area contributed by atoms with Crippen LogP contribution in [0.25, 0.3) is 0 Å². The number of hydrogen-bond acceptors (Lipinski definition) is 1. The molecule has 0 unspecified atom stereocenters. The van der Waals surface area contributed by atoms with Gasteiger partial charge in [-0.05, 0) is 54.4 Å². The summed E-state index contributed by atoms with van der Waals surface area (Å²) in [6.45, 7) is 3.97. The molecule has 0 saturated heterocycles. The minimum absolute atomic E-state index is 0.810. The lowest BCUT2D eigenvalue weighted by molar-refractivity contribution is 0.399. The molecule has 1 aliphatic rings. The van der Waals surface area contributed by atoms with E-state index in [-0.39, 0.29) is 0 Å². The van der Waals surface area contributed by atoms with Gasteiger partial charge in [-0.1, -0.05) is 36.4 Å². The van der Waals surface area contributed by atoms with E-state index < -0.39 is 0 Å². The first-order valence-electron chi connectivity index (χ1n) is 6.92. The lowest BCUT2D eigenvalue weighted by Gasteiger charge is -2.31. The molecule has 2 aromatic rings. The van der Waals surface area contributed by atoms with Gasteiger partial charge in [-0.2, -0.15) is 0 Å². The molecule has 20 heavy (non-hydrogen) atoms. The molecule has 0 saturated carbocycles. The van der Waals surface area contributed by atoms with Crippen LogP contribution < -0.4 is 5.32 Å². The number of aryl methyl sites for hydroxylation is 1. The Morgan fingerprint density at radius 1 is 1.10 bits per heavy atom. The third-order valence-electron chi connectivity index (χ3n) is 3.69.